The lowest BCUT2D eigenvalue weighted by molar-refractivity contribution is -0.139. The van der Waals surface area contributed by atoms with Crippen LogP contribution in [-0.4, -0.2) is 62.1 Å². The van der Waals surface area contributed by atoms with Crippen LogP contribution in [0.2, 0.25) is 0 Å². The lowest BCUT2D eigenvalue weighted by atomic mass is 10.1. The summed E-state index contributed by atoms with van der Waals surface area (Å²) in [5.41, 5.74) is 0.681. The summed E-state index contributed by atoms with van der Waals surface area (Å²) < 4.78 is 0. The van der Waals surface area contributed by atoms with Crippen molar-refractivity contribution in [1.82, 2.24) is 20.2 Å². The molecule has 8 heteroatoms. The molecule has 1 aliphatic heterocycles. The molecule has 2 rings (SSSR count). The molecule has 1 saturated heterocycles. The first-order valence-corrected chi connectivity index (χ1v) is 7.58. The van der Waals surface area contributed by atoms with Crippen molar-refractivity contribution in [2.45, 2.75) is 25.4 Å². The zero-order valence-electron chi connectivity index (χ0n) is 11.2. The zero-order valence-corrected chi connectivity index (χ0v) is 12.0. The van der Waals surface area contributed by atoms with E-state index in [-0.39, 0.29) is 18.5 Å². The molecule has 2 amide bonds. The van der Waals surface area contributed by atoms with Crippen LogP contribution in [0.1, 0.15) is 12.6 Å². The molecule has 0 aromatic carbocycles. The van der Waals surface area contributed by atoms with Crippen LogP contribution < -0.4 is 5.32 Å². The second-order valence-electron chi connectivity index (χ2n) is 4.74. The average molecular weight is 298 g/mol. The van der Waals surface area contributed by atoms with Gasteiger partial charge in [-0.1, -0.05) is 0 Å². The highest BCUT2D eigenvalue weighted by Gasteiger charge is 2.28. The van der Waals surface area contributed by atoms with Gasteiger partial charge >= 0.3 is 12.0 Å². The predicted octanol–water partition coefficient (Wildman–Crippen LogP) is 0.552. The van der Waals surface area contributed by atoms with Gasteiger partial charge in [-0.15, -0.1) is 0 Å². The van der Waals surface area contributed by atoms with Crippen LogP contribution in [0.5, 0.6) is 0 Å². The first-order valence-electron chi connectivity index (χ1n) is 6.43. The smallest absolute Gasteiger partial charge is 0.326 e. The number of amides is 2. The molecule has 0 bridgehead atoms. The van der Waals surface area contributed by atoms with Gasteiger partial charge in [0, 0.05) is 42.4 Å². The fourth-order valence-electron chi connectivity index (χ4n) is 2.08. The Morgan fingerprint density at radius 2 is 2.50 bits per heavy atom. The third kappa shape index (κ3) is 3.66. The molecule has 2 heterocycles. The van der Waals surface area contributed by atoms with Crippen LogP contribution in [0.4, 0.5) is 4.79 Å². The Balaban J connectivity index is 1.96. The van der Waals surface area contributed by atoms with E-state index in [2.05, 4.69) is 15.3 Å². The lowest BCUT2D eigenvalue weighted by Crippen LogP contribution is -2.53. The highest BCUT2D eigenvalue weighted by atomic mass is 32.2. The number of thioether (sulfide) groups is 1. The van der Waals surface area contributed by atoms with Crippen molar-refractivity contribution in [1.29, 1.82) is 0 Å². The third-order valence-corrected chi connectivity index (χ3v) is 4.39. The largest absolute Gasteiger partial charge is 0.480 e. The maximum absolute atomic E-state index is 12.2. The topological polar surface area (TPSA) is 98.3 Å². The number of urea groups is 1. The van der Waals surface area contributed by atoms with E-state index in [0.717, 1.165) is 11.5 Å². The Bertz CT molecular complexity index is 465. The molecule has 1 aromatic rings. The number of hydrogen-bond acceptors (Lipinski definition) is 4. The number of aromatic amines is 1. The number of aromatic nitrogens is 2. The standard InChI is InChI=1S/C12H18N4O3S/c1-8-6-20-3-2-16(8)12(19)15-10(11(17)18)4-9-5-13-7-14-9/h5,7-8,10H,2-4,6H2,1H3,(H,13,14)(H,15,19)(H,17,18). The van der Waals surface area contributed by atoms with Gasteiger partial charge in [0.2, 0.25) is 0 Å². The minimum absolute atomic E-state index is 0.121. The van der Waals surface area contributed by atoms with Crippen LogP contribution in [0, 0.1) is 0 Å². The summed E-state index contributed by atoms with van der Waals surface area (Å²) in [6.45, 7) is 2.62. The number of nitrogens with one attached hydrogen (secondary N) is 2. The summed E-state index contributed by atoms with van der Waals surface area (Å²) in [5, 5.41) is 11.8. The Morgan fingerprint density at radius 3 is 3.10 bits per heavy atom. The van der Waals surface area contributed by atoms with Gasteiger partial charge in [-0.3, -0.25) is 0 Å². The van der Waals surface area contributed by atoms with Crippen LogP contribution in [0.25, 0.3) is 0 Å². The minimum atomic E-state index is -1.05. The van der Waals surface area contributed by atoms with Crippen molar-refractivity contribution in [3.8, 4) is 0 Å². The van der Waals surface area contributed by atoms with E-state index in [9.17, 15) is 14.7 Å². The molecular weight excluding hydrogens is 280 g/mol. The number of H-pyrrole nitrogens is 1. The van der Waals surface area contributed by atoms with Crippen LogP contribution >= 0.6 is 11.8 Å². The third-order valence-electron chi connectivity index (χ3n) is 3.20. The Hall–Kier alpha value is -1.70. The van der Waals surface area contributed by atoms with Gasteiger partial charge in [-0.2, -0.15) is 11.8 Å². The van der Waals surface area contributed by atoms with Gasteiger partial charge in [0.15, 0.2) is 0 Å². The molecular formula is C12H18N4O3S. The summed E-state index contributed by atoms with van der Waals surface area (Å²) in [5.74, 6) is 0.717. The number of imidazole rings is 1. The second kappa shape index (κ2) is 6.65. The summed E-state index contributed by atoms with van der Waals surface area (Å²) in [7, 11) is 0. The highest BCUT2D eigenvalue weighted by molar-refractivity contribution is 7.99. The summed E-state index contributed by atoms with van der Waals surface area (Å²) in [6.07, 6.45) is 3.24. The SMILES string of the molecule is CC1CSCCN1C(=O)NC(Cc1cnc[nH]1)C(=O)O. The lowest BCUT2D eigenvalue weighted by Gasteiger charge is -2.33. The minimum Gasteiger partial charge on any atom is -0.480 e. The van der Waals surface area contributed by atoms with Gasteiger partial charge < -0.3 is 20.3 Å². The number of hydrogen-bond donors (Lipinski definition) is 3. The fourth-order valence-corrected chi connectivity index (χ4v) is 3.09. The molecule has 7 nitrogen and oxygen atoms in total. The summed E-state index contributed by atoms with van der Waals surface area (Å²) >= 11 is 1.80. The molecule has 20 heavy (non-hydrogen) atoms. The molecule has 2 atom stereocenters. The van der Waals surface area contributed by atoms with E-state index in [1.807, 2.05) is 6.92 Å². The monoisotopic (exact) mass is 298 g/mol. The average Bonchev–Trinajstić information content (AvgIpc) is 2.91. The van der Waals surface area contributed by atoms with Crippen molar-refractivity contribution in [2.24, 2.45) is 0 Å². The number of aliphatic carboxylic acids is 1. The normalized spacial score (nSPS) is 20.4. The molecule has 1 aromatic heterocycles. The maximum Gasteiger partial charge on any atom is 0.326 e. The quantitative estimate of drug-likeness (QED) is 0.754. The second-order valence-corrected chi connectivity index (χ2v) is 5.89. The van der Waals surface area contributed by atoms with Crippen molar-refractivity contribution in [3.05, 3.63) is 18.2 Å². The number of carboxylic acid groups (broad SMARTS) is 1. The Labute approximate surface area is 121 Å². The number of carbonyl (C=O) groups is 2. The van der Waals surface area contributed by atoms with Crippen molar-refractivity contribution < 1.29 is 14.7 Å². The van der Waals surface area contributed by atoms with Crippen molar-refractivity contribution in [3.63, 3.8) is 0 Å². The molecule has 0 radical (unpaired) electrons. The first kappa shape index (κ1) is 14.7. The molecule has 2 unspecified atom stereocenters. The molecule has 3 N–H and O–H groups in total. The molecule has 0 saturated carbocycles. The van der Waals surface area contributed by atoms with Crippen molar-refractivity contribution in [2.75, 3.05) is 18.1 Å². The zero-order chi connectivity index (χ0) is 14.5. The van der Waals surface area contributed by atoms with Gasteiger partial charge in [0.25, 0.3) is 0 Å². The van der Waals surface area contributed by atoms with E-state index < -0.39 is 12.0 Å². The van der Waals surface area contributed by atoms with E-state index in [1.165, 1.54) is 6.33 Å². The molecule has 1 aliphatic rings. The summed E-state index contributed by atoms with van der Waals surface area (Å²) in [6, 6.07) is -1.15. The first-order chi connectivity index (χ1) is 9.58. The molecule has 110 valence electrons. The van der Waals surface area contributed by atoms with Gasteiger partial charge in [-0.05, 0) is 6.92 Å². The van der Waals surface area contributed by atoms with Crippen LogP contribution in [0.3, 0.4) is 0 Å². The number of carbonyl (C=O) groups excluding carboxylic acids is 1. The maximum atomic E-state index is 12.2. The fraction of sp³-hybridized carbons (Fsp3) is 0.583. The van der Waals surface area contributed by atoms with E-state index in [0.29, 0.717) is 12.2 Å². The van der Waals surface area contributed by atoms with E-state index in [1.54, 1.807) is 22.9 Å². The highest BCUT2D eigenvalue weighted by Crippen LogP contribution is 2.16. The Kier molecular flexibility index (Phi) is 4.89. The Morgan fingerprint density at radius 1 is 1.70 bits per heavy atom. The van der Waals surface area contributed by atoms with E-state index >= 15 is 0 Å². The van der Waals surface area contributed by atoms with Gasteiger partial charge in [0.1, 0.15) is 6.04 Å². The number of rotatable bonds is 4. The van der Waals surface area contributed by atoms with Gasteiger partial charge in [0.05, 0.1) is 6.33 Å². The summed E-state index contributed by atoms with van der Waals surface area (Å²) in [4.78, 5) is 31.8. The van der Waals surface area contributed by atoms with E-state index in [4.69, 9.17) is 0 Å². The van der Waals surface area contributed by atoms with Crippen LogP contribution in [-0.2, 0) is 11.2 Å². The predicted molar refractivity (Wildman–Crippen MR) is 75.7 cm³/mol. The van der Waals surface area contributed by atoms with Crippen LogP contribution in [0.15, 0.2) is 12.5 Å². The number of nitrogens with zero attached hydrogens (tertiary/aromatic N) is 2. The van der Waals surface area contributed by atoms with Gasteiger partial charge in [-0.25, -0.2) is 14.6 Å². The molecule has 1 fully saturated rings. The molecule has 0 spiro atoms. The molecule has 0 aliphatic carbocycles. The number of carboxylic acids is 1. The van der Waals surface area contributed by atoms with Crippen molar-refractivity contribution >= 4 is 23.8 Å².